The first-order chi connectivity index (χ1) is 12.2. The van der Waals surface area contributed by atoms with E-state index in [0.29, 0.717) is 11.8 Å². The van der Waals surface area contributed by atoms with E-state index in [9.17, 15) is 13.2 Å². The van der Waals surface area contributed by atoms with Crippen molar-refractivity contribution >= 4 is 32.7 Å². The van der Waals surface area contributed by atoms with Gasteiger partial charge >= 0.3 is 0 Å². The molecule has 0 heterocycles. The van der Waals surface area contributed by atoms with Crippen LogP contribution in [-0.2, 0) is 14.8 Å². The number of carbonyl (C=O) groups is 1. The van der Waals surface area contributed by atoms with Crippen LogP contribution in [0.3, 0.4) is 0 Å². The Morgan fingerprint density at radius 2 is 1.77 bits per heavy atom. The molecule has 0 aliphatic carbocycles. The Morgan fingerprint density at radius 1 is 1.12 bits per heavy atom. The maximum atomic E-state index is 12.8. The van der Waals surface area contributed by atoms with Gasteiger partial charge in [0, 0.05) is 11.9 Å². The minimum atomic E-state index is -3.94. The van der Waals surface area contributed by atoms with E-state index in [1.165, 1.54) is 6.07 Å². The fraction of sp³-hybridized carbons (Fsp3) is 0.294. The summed E-state index contributed by atoms with van der Waals surface area (Å²) < 4.78 is 28.0. The van der Waals surface area contributed by atoms with Gasteiger partial charge in [0.2, 0.25) is 15.9 Å². The third-order valence-corrected chi connectivity index (χ3v) is 5.51. The van der Waals surface area contributed by atoms with Crippen LogP contribution in [0.2, 0.25) is 0 Å². The van der Waals surface area contributed by atoms with Gasteiger partial charge in [-0.2, -0.15) is 4.72 Å². The predicted octanol–water partition coefficient (Wildman–Crippen LogP) is 0.334. The second-order valence-electron chi connectivity index (χ2n) is 5.95. The van der Waals surface area contributed by atoms with E-state index in [1.54, 1.807) is 18.2 Å². The lowest BCUT2D eigenvalue weighted by Crippen LogP contribution is -2.44. The highest BCUT2D eigenvalue weighted by Crippen LogP contribution is 2.26. The standard InChI is InChI=1S/C17H23N5O3S/c1-11-8-9-15(13-6-3-2-5-12(11)13)26(24,25)22-14(16(18)23)7-4-10-21-17(19)20/h2-3,5-6,8-9,14,22H,4,7,10H2,1H3,(H2,18,23)(H4,19,20,21). The number of guanidine groups is 1. The number of nitrogens with zero attached hydrogens (tertiary/aromatic N) is 1. The van der Waals surface area contributed by atoms with Gasteiger partial charge in [0.05, 0.1) is 4.90 Å². The minimum absolute atomic E-state index is 0.0627. The van der Waals surface area contributed by atoms with E-state index in [-0.39, 0.29) is 23.8 Å². The van der Waals surface area contributed by atoms with E-state index in [0.717, 1.165) is 10.9 Å². The van der Waals surface area contributed by atoms with Gasteiger partial charge in [-0.25, -0.2) is 8.42 Å². The van der Waals surface area contributed by atoms with Crippen molar-refractivity contribution in [2.75, 3.05) is 6.54 Å². The molecule has 0 spiro atoms. The highest BCUT2D eigenvalue weighted by Gasteiger charge is 2.25. The number of benzene rings is 2. The largest absolute Gasteiger partial charge is 0.370 e. The molecule has 1 unspecified atom stereocenters. The van der Waals surface area contributed by atoms with E-state index in [4.69, 9.17) is 17.2 Å². The molecule has 0 bridgehead atoms. The van der Waals surface area contributed by atoms with Crippen molar-refractivity contribution in [3.8, 4) is 0 Å². The van der Waals surface area contributed by atoms with Crippen molar-refractivity contribution in [2.24, 2.45) is 22.2 Å². The van der Waals surface area contributed by atoms with E-state index < -0.39 is 22.0 Å². The van der Waals surface area contributed by atoms with Gasteiger partial charge in [0.1, 0.15) is 6.04 Å². The first-order valence-corrected chi connectivity index (χ1v) is 9.56. The number of aliphatic imine (C=N–C) groups is 1. The first kappa shape index (κ1) is 19.7. The molecule has 0 fully saturated rings. The highest BCUT2D eigenvalue weighted by atomic mass is 32.2. The fourth-order valence-electron chi connectivity index (χ4n) is 2.67. The summed E-state index contributed by atoms with van der Waals surface area (Å²) in [5.41, 5.74) is 16.8. The van der Waals surface area contributed by atoms with Gasteiger partial charge in [0.15, 0.2) is 5.96 Å². The number of carbonyl (C=O) groups excluding carboxylic acids is 1. The Bertz CT molecular complexity index is 937. The number of hydrogen-bond acceptors (Lipinski definition) is 4. The van der Waals surface area contributed by atoms with Gasteiger partial charge in [-0.3, -0.25) is 9.79 Å². The molecule has 1 atom stereocenters. The molecular formula is C17H23N5O3S. The Balaban J connectivity index is 2.27. The quantitative estimate of drug-likeness (QED) is 0.297. The third-order valence-electron chi connectivity index (χ3n) is 3.98. The van der Waals surface area contributed by atoms with Crippen LogP contribution in [0.25, 0.3) is 10.8 Å². The lowest BCUT2D eigenvalue weighted by Gasteiger charge is -2.17. The Morgan fingerprint density at radius 3 is 2.38 bits per heavy atom. The van der Waals surface area contributed by atoms with Crippen molar-refractivity contribution in [1.29, 1.82) is 0 Å². The Hall–Kier alpha value is -2.65. The lowest BCUT2D eigenvalue weighted by molar-refractivity contribution is -0.119. The first-order valence-electron chi connectivity index (χ1n) is 8.08. The summed E-state index contributed by atoms with van der Waals surface area (Å²) in [5.74, 6) is -0.818. The summed E-state index contributed by atoms with van der Waals surface area (Å²) >= 11 is 0. The van der Waals surface area contributed by atoms with Gasteiger partial charge in [0.25, 0.3) is 0 Å². The van der Waals surface area contributed by atoms with Gasteiger partial charge in [-0.05, 0) is 36.8 Å². The molecule has 26 heavy (non-hydrogen) atoms. The molecule has 0 saturated heterocycles. The average molecular weight is 377 g/mol. The average Bonchev–Trinajstić information content (AvgIpc) is 2.57. The molecule has 0 saturated carbocycles. The molecule has 0 aliphatic heterocycles. The fourth-order valence-corrected chi connectivity index (χ4v) is 4.12. The molecule has 7 N–H and O–H groups in total. The summed E-state index contributed by atoms with van der Waals surface area (Å²) in [4.78, 5) is 15.6. The monoisotopic (exact) mass is 377 g/mol. The Labute approximate surface area is 152 Å². The molecule has 0 aromatic heterocycles. The topological polar surface area (TPSA) is 154 Å². The lowest BCUT2D eigenvalue weighted by atomic mass is 10.1. The molecule has 2 aromatic rings. The van der Waals surface area contributed by atoms with Crippen molar-refractivity contribution < 1.29 is 13.2 Å². The number of sulfonamides is 1. The van der Waals surface area contributed by atoms with Crippen molar-refractivity contribution in [3.05, 3.63) is 42.0 Å². The number of fused-ring (bicyclic) bond motifs is 1. The maximum Gasteiger partial charge on any atom is 0.241 e. The van der Waals surface area contributed by atoms with Crippen LogP contribution in [0.1, 0.15) is 18.4 Å². The predicted molar refractivity (Wildman–Crippen MR) is 102 cm³/mol. The van der Waals surface area contributed by atoms with Crippen LogP contribution in [0.15, 0.2) is 46.3 Å². The summed E-state index contributed by atoms with van der Waals surface area (Å²) in [7, 11) is -3.94. The van der Waals surface area contributed by atoms with Gasteiger partial charge in [-0.1, -0.05) is 30.3 Å². The van der Waals surface area contributed by atoms with Crippen LogP contribution < -0.4 is 21.9 Å². The molecule has 2 rings (SSSR count). The van der Waals surface area contributed by atoms with Crippen molar-refractivity contribution in [2.45, 2.75) is 30.7 Å². The third kappa shape index (κ3) is 4.70. The van der Waals surface area contributed by atoms with Crippen LogP contribution in [0.4, 0.5) is 0 Å². The van der Waals surface area contributed by atoms with Crippen LogP contribution >= 0.6 is 0 Å². The summed E-state index contributed by atoms with van der Waals surface area (Å²) in [5, 5.41) is 1.42. The minimum Gasteiger partial charge on any atom is -0.370 e. The summed E-state index contributed by atoms with van der Waals surface area (Å²) in [6, 6.07) is 9.40. The van der Waals surface area contributed by atoms with E-state index in [1.807, 2.05) is 19.1 Å². The van der Waals surface area contributed by atoms with Crippen molar-refractivity contribution in [3.63, 3.8) is 0 Å². The zero-order valence-corrected chi connectivity index (χ0v) is 15.3. The van der Waals surface area contributed by atoms with Crippen LogP contribution in [0.5, 0.6) is 0 Å². The molecule has 9 heteroatoms. The van der Waals surface area contributed by atoms with Crippen molar-refractivity contribution in [1.82, 2.24) is 4.72 Å². The molecule has 140 valence electrons. The molecule has 0 radical (unpaired) electrons. The second-order valence-corrected chi connectivity index (χ2v) is 7.63. The zero-order valence-electron chi connectivity index (χ0n) is 14.5. The maximum absolute atomic E-state index is 12.8. The SMILES string of the molecule is Cc1ccc(S(=O)(=O)NC(CCCN=C(N)N)C(N)=O)c2ccccc12. The van der Waals surface area contributed by atoms with Crippen LogP contribution in [-0.4, -0.2) is 32.9 Å². The summed E-state index contributed by atoms with van der Waals surface area (Å²) in [6.07, 6.45) is 0.595. The van der Waals surface area contributed by atoms with E-state index in [2.05, 4.69) is 9.71 Å². The molecule has 8 nitrogen and oxygen atoms in total. The highest BCUT2D eigenvalue weighted by molar-refractivity contribution is 7.89. The smallest absolute Gasteiger partial charge is 0.241 e. The van der Waals surface area contributed by atoms with Gasteiger partial charge < -0.3 is 17.2 Å². The molecule has 1 amide bonds. The normalized spacial score (nSPS) is 12.7. The molecular weight excluding hydrogens is 354 g/mol. The number of hydrogen-bond donors (Lipinski definition) is 4. The number of amides is 1. The van der Waals surface area contributed by atoms with Gasteiger partial charge in [-0.15, -0.1) is 0 Å². The summed E-state index contributed by atoms with van der Waals surface area (Å²) in [6.45, 7) is 2.18. The van der Waals surface area contributed by atoms with E-state index >= 15 is 0 Å². The molecule has 0 aliphatic rings. The second kappa shape index (κ2) is 8.15. The number of rotatable bonds is 8. The molecule has 2 aromatic carbocycles. The number of aryl methyl sites for hydroxylation is 1. The number of nitrogens with one attached hydrogen (secondary N) is 1. The van der Waals surface area contributed by atoms with Crippen LogP contribution in [0, 0.1) is 6.92 Å². The number of primary amides is 1. The zero-order chi connectivity index (χ0) is 19.3. The number of nitrogens with two attached hydrogens (primary N) is 3. The Kier molecular flexibility index (Phi) is 6.17.